The maximum Gasteiger partial charge on any atom is 0.247 e. The minimum atomic E-state index is -0.801. The van der Waals surface area contributed by atoms with E-state index in [2.05, 4.69) is 43.4 Å². The number of carbonyl (C=O) groups excluding carboxylic acids is 3. The molecule has 0 aliphatic carbocycles. The second-order valence-corrected chi connectivity index (χ2v) is 12.5. The molecule has 0 saturated carbocycles. The molecule has 0 bridgehead atoms. The first kappa shape index (κ1) is 31.6. The second-order valence-electron chi connectivity index (χ2n) is 12.5. The summed E-state index contributed by atoms with van der Waals surface area (Å²) in [5.74, 6) is 0.121. The van der Waals surface area contributed by atoms with Crippen LogP contribution in [0.15, 0.2) is 60.9 Å². The third kappa shape index (κ3) is 6.83. The fourth-order valence-electron chi connectivity index (χ4n) is 5.59. The van der Waals surface area contributed by atoms with E-state index in [-0.39, 0.29) is 17.7 Å². The van der Waals surface area contributed by atoms with Gasteiger partial charge in [0.05, 0.1) is 24.4 Å². The molecular formula is C34H41N7O4. The van der Waals surface area contributed by atoms with Gasteiger partial charge >= 0.3 is 0 Å². The van der Waals surface area contributed by atoms with Crippen molar-refractivity contribution in [3.05, 3.63) is 60.9 Å². The molecule has 2 heterocycles. The molecule has 1 aliphatic rings. The molecular weight excluding hydrogens is 570 g/mol. The lowest BCUT2D eigenvalue weighted by Gasteiger charge is -2.36. The van der Waals surface area contributed by atoms with Gasteiger partial charge in [-0.15, -0.1) is 0 Å². The van der Waals surface area contributed by atoms with Crippen molar-refractivity contribution in [3.8, 4) is 5.75 Å². The van der Waals surface area contributed by atoms with E-state index in [1.165, 1.54) is 13.4 Å². The minimum Gasteiger partial charge on any atom is -0.494 e. The first-order valence-electron chi connectivity index (χ1n) is 15.2. The summed E-state index contributed by atoms with van der Waals surface area (Å²) in [6.45, 7) is 7.85. The van der Waals surface area contributed by atoms with Crippen LogP contribution < -0.4 is 26.0 Å². The summed E-state index contributed by atoms with van der Waals surface area (Å²) in [7, 11) is 3.22. The van der Waals surface area contributed by atoms with Crippen LogP contribution in [0.3, 0.4) is 0 Å². The van der Waals surface area contributed by atoms with Crippen LogP contribution in [0.25, 0.3) is 21.7 Å². The van der Waals surface area contributed by atoms with Crippen molar-refractivity contribution in [2.24, 2.45) is 5.41 Å². The number of ether oxygens (including phenoxy) is 1. The Hall–Kier alpha value is -4.77. The second kappa shape index (κ2) is 13.1. The molecule has 3 amide bonds. The first-order valence-corrected chi connectivity index (χ1v) is 15.2. The number of likely N-dealkylation sites (N-methyl/N-ethyl adjacent to an activating group) is 1. The highest BCUT2D eigenvalue weighted by Gasteiger charge is 2.42. The van der Waals surface area contributed by atoms with Gasteiger partial charge in [0.15, 0.2) is 0 Å². The molecule has 1 saturated heterocycles. The number of anilines is 3. The summed E-state index contributed by atoms with van der Waals surface area (Å²) in [5.41, 5.74) is 1.37. The van der Waals surface area contributed by atoms with E-state index in [0.717, 1.165) is 16.5 Å². The lowest BCUT2D eigenvalue weighted by molar-refractivity contribution is -0.143. The van der Waals surface area contributed by atoms with Crippen LogP contribution in [0.1, 0.15) is 40.5 Å². The third-order valence-electron chi connectivity index (χ3n) is 8.29. The number of carbonyl (C=O) groups is 3. The Morgan fingerprint density at radius 3 is 2.49 bits per heavy atom. The number of amides is 3. The van der Waals surface area contributed by atoms with E-state index in [0.29, 0.717) is 47.5 Å². The van der Waals surface area contributed by atoms with Crippen LogP contribution in [0.5, 0.6) is 5.75 Å². The number of methoxy groups -OCH3 is 1. The van der Waals surface area contributed by atoms with E-state index in [4.69, 9.17) is 4.74 Å². The molecule has 236 valence electrons. The number of fused-ring (bicyclic) bond motifs is 2. The zero-order valence-electron chi connectivity index (χ0n) is 26.6. The fourth-order valence-corrected chi connectivity index (χ4v) is 5.59. The van der Waals surface area contributed by atoms with Crippen LogP contribution in [-0.4, -0.2) is 71.4 Å². The lowest BCUT2D eigenvalue weighted by atomic mass is 9.85. The largest absolute Gasteiger partial charge is 0.494 e. The average molecular weight is 612 g/mol. The Kier molecular flexibility index (Phi) is 9.19. The molecule has 11 nitrogen and oxygen atoms in total. The zero-order valence-corrected chi connectivity index (χ0v) is 26.6. The van der Waals surface area contributed by atoms with Gasteiger partial charge < -0.3 is 30.9 Å². The Balaban J connectivity index is 1.40. The Bertz CT molecular complexity index is 1740. The van der Waals surface area contributed by atoms with Crippen molar-refractivity contribution in [2.45, 2.75) is 58.7 Å². The Morgan fingerprint density at radius 2 is 1.78 bits per heavy atom. The Morgan fingerprint density at radius 1 is 1.02 bits per heavy atom. The highest BCUT2D eigenvalue weighted by Crippen LogP contribution is 2.34. The van der Waals surface area contributed by atoms with Crippen molar-refractivity contribution in [2.75, 3.05) is 31.3 Å². The van der Waals surface area contributed by atoms with Crippen molar-refractivity contribution >= 4 is 56.6 Å². The SMILES string of the molecule is CN[C@@H](C)C(=O)N[C@H](C(=O)N1CCCC1C(=O)Nc1cc2c(Nc3ccc4ccccc4c3)ncnc2cc1OC)C(C)(C)C. The van der Waals surface area contributed by atoms with Gasteiger partial charge in [-0.1, -0.05) is 51.1 Å². The molecule has 1 aromatic heterocycles. The summed E-state index contributed by atoms with van der Waals surface area (Å²) in [5, 5.41) is 15.1. The van der Waals surface area contributed by atoms with Gasteiger partial charge in [0, 0.05) is 23.7 Å². The van der Waals surface area contributed by atoms with Crippen LogP contribution in [0.2, 0.25) is 0 Å². The smallest absolute Gasteiger partial charge is 0.247 e. The van der Waals surface area contributed by atoms with Crippen LogP contribution in [0.4, 0.5) is 17.2 Å². The minimum absolute atomic E-state index is 0.276. The standard InChI is InChI=1S/C34H41N7O4/c1-20(35-5)31(42)40-29(34(2,3)4)33(44)41-15-9-12-27(41)32(43)39-26-17-24-25(18-28(26)45-6)36-19-37-30(24)38-23-14-13-21-10-7-8-11-22(21)16-23/h7-8,10-11,13-14,16-20,27,29,35H,9,12,15H2,1-6H3,(H,39,43)(H,40,42)(H,36,37,38)/t20-,27?,29+/m0/s1. The summed E-state index contributed by atoms with van der Waals surface area (Å²) < 4.78 is 5.63. The van der Waals surface area contributed by atoms with Crippen molar-refractivity contribution in [1.82, 2.24) is 25.5 Å². The van der Waals surface area contributed by atoms with E-state index in [9.17, 15) is 14.4 Å². The van der Waals surface area contributed by atoms with E-state index < -0.39 is 23.5 Å². The van der Waals surface area contributed by atoms with Crippen molar-refractivity contribution in [1.29, 1.82) is 0 Å². The van der Waals surface area contributed by atoms with Gasteiger partial charge in [0.2, 0.25) is 17.7 Å². The van der Waals surface area contributed by atoms with Crippen molar-refractivity contribution < 1.29 is 19.1 Å². The predicted molar refractivity (Wildman–Crippen MR) is 177 cm³/mol. The molecule has 4 aromatic rings. The van der Waals surface area contributed by atoms with Gasteiger partial charge in [-0.25, -0.2) is 9.97 Å². The number of rotatable bonds is 9. The van der Waals surface area contributed by atoms with E-state index in [1.807, 2.05) is 51.1 Å². The summed E-state index contributed by atoms with van der Waals surface area (Å²) >= 11 is 0. The van der Waals surface area contributed by atoms with Gasteiger partial charge in [-0.2, -0.15) is 0 Å². The molecule has 0 radical (unpaired) electrons. The molecule has 1 unspecified atom stereocenters. The Labute approximate surface area is 263 Å². The monoisotopic (exact) mass is 611 g/mol. The van der Waals surface area contributed by atoms with Gasteiger partial charge in [-0.3, -0.25) is 14.4 Å². The number of nitrogens with zero attached hydrogens (tertiary/aromatic N) is 3. The highest BCUT2D eigenvalue weighted by molar-refractivity contribution is 6.03. The quantitative estimate of drug-likeness (QED) is 0.216. The third-order valence-corrected chi connectivity index (χ3v) is 8.29. The highest BCUT2D eigenvalue weighted by atomic mass is 16.5. The molecule has 3 aromatic carbocycles. The molecule has 3 atom stereocenters. The van der Waals surface area contributed by atoms with Gasteiger partial charge in [0.25, 0.3) is 0 Å². The van der Waals surface area contributed by atoms with Crippen molar-refractivity contribution in [3.63, 3.8) is 0 Å². The summed E-state index contributed by atoms with van der Waals surface area (Å²) in [4.78, 5) is 50.9. The summed E-state index contributed by atoms with van der Waals surface area (Å²) in [6.07, 6.45) is 2.65. The summed E-state index contributed by atoms with van der Waals surface area (Å²) in [6, 6.07) is 15.8. The molecule has 45 heavy (non-hydrogen) atoms. The van der Waals surface area contributed by atoms with Crippen LogP contribution >= 0.6 is 0 Å². The molecule has 0 spiro atoms. The maximum atomic E-state index is 13.9. The van der Waals surface area contributed by atoms with E-state index in [1.54, 1.807) is 31.0 Å². The molecule has 4 N–H and O–H groups in total. The topological polar surface area (TPSA) is 138 Å². The normalized spacial score (nSPS) is 16.3. The lowest BCUT2D eigenvalue weighted by Crippen LogP contribution is -2.59. The first-order chi connectivity index (χ1) is 21.5. The van der Waals surface area contributed by atoms with E-state index >= 15 is 0 Å². The number of aromatic nitrogens is 2. The number of nitrogens with one attached hydrogen (secondary N) is 4. The molecule has 1 aliphatic heterocycles. The molecule has 1 fully saturated rings. The zero-order chi connectivity index (χ0) is 32.3. The van der Waals surface area contributed by atoms with Crippen LogP contribution in [0, 0.1) is 5.41 Å². The maximum absolute atomic E-state index is 13.9. The number of hydrogen-bond acceptors (Lipinski definition) is 8. The number of hydrogen-bond donors (Lipinski definition) is 4. The number of benzene rings is 3. The van der Waals surface area contributed by atoms with Gasteiger partial charge in [0.1, 0.15) is 30.0 Å². The number of likely N-dealkylation sites (tertiary alicyclic amines) is 1. The predicted octanol–water partition coefficient (Wildman–Crippen LogP) is 4.60. The molecule has 11 heteroatoms. The fraction of sp³-hybridized carbons (Fsp3) is 0.382. The molecule has 5 rings (SSSR count). The average Bonchev–Trinajstić information content (AvgIpc) is 3.52. The van der Waals surface area contributed by atoms with Gasteiger partial charge in [-0.05, 0) is 61.2 Å². The van der Waals surface area contributed by atoms with Crippen LogP contribution in [-0.2, 0) is 14.4 Å².